The van der Waals surface area contributed by atoms with Crippen LogP contribution in [-0.2, 0) is 9.53 Å². The van der Waals surface area contributed by atoms with Gasteiger partial charge in [0.1, 0.15) is 5.82 Å². The monoisotopic (exact) mass is 398 g/mol. The molecule has 1 aromatic heterocycles. The van der Waals surface area contributed by atoms with Gasteiger partial charge in [-0.1, -0.05) is 43.2 Å². The summed E-state index contributed by atoms with van der Waals surface area (Å²) in [6.45, 7) is 2.05. The van der Waals surface area contributed by atoms with Crippen LogP contribution in [0.1, 0.15) is 50.9 Å². The predicted molar refractivity (Wildman–Crippen MR) is 110 cm³/mol. The maximum Gasteiger partial charge on any atom is 0.407 e. The van der Waals surface area contributed by atoms with Crippen LogP contribution in [0.5, 0.6) is 0 Å². The number of imidazole rings is 1. The molecule has 0 aliphatic heterocycles. The molecule has 8 nitrogen and oxygen atoms in total. The summed E-state index contributed by atoms with van der Waals surface area (Å²) in [4.78, 5) is 31.2. The molecule has 0 saturated carbocycles. The van der Waals surface area contributed by atoms with Crippen molar-refractivity contribution in [2.45, 2.75) is 45.1 Å². The molecule has 0 spiro atoms. The lowest BCUT2D eigenvalue weighted by atomic mass is 10.1. The zero-order valence-electron chi connectivity index (χ0n) is 16.4. The Balaban J connectivity index is 1.76. The third-order valence-corrected chi connectivity index (χ3v) is 4.81. The number of hydrogen-bond donors (Lipinski definition) is 4. The first-order chi connectivity index (χ1) is 14.1. The maximum absolute atomic E-state index is 12.0. The van der Waals surface area contributed by atoms with E-state index in [1.165, 1.54) is 0 Å². The molecule has 1 atom stereocenters. The summed E-state index contributed by atoms with van der Waals surface area (Å²) in [7, 11) is 0. The quantitative estimate of drug-likeness (QED) is 0.247. The molecule has 0 unspecified atom stereocenters. The van der Waals surface area contributed by atoms with Gasteiger partial charge in [0.05, 0.1) is 23.7 Å². The topological polar surface area (TPSA) is 116 Å². The summed E-state index contributed by atoms with van der Waals surface area (Å²) in [5, 5.41) is 13.6. The van der Waals surface area contributed by atoms with E-state index >= 15 is 0 Å². The van der Waals surface area contributed by atoms with Crippen molar-refractivity contribution in [2.75, 3.05) is 6.61 Å². The molecule has 4 N–H and O–H groups in total. The van der Waals surface area contributed by atoms with Crippen LogP contribution in [0.15, 0.2) is 36.4 Å². The second kappa shape index (κ2) is 9.88. The van der Waals surface area contributed by atoms with Crippen LogP contribution in [0, 0.1) is 0 Å². The molecule has 3 aromatic rings. The molecule has 0 aliphatic rings. The summed E-state index contributed by atoms with van der Waals surface area (Å²) >= 11 is 0. The second-order valence-corrected chi connectivity index (χ2v) is 6.86. The van der Waals surface area contributed by atoms with E-state index in [9.17, 15) is 9.59 Å². The number of aromatic nitrogens is 2. The Morgan fingerprint density at radius 3 is 2.79 bits per heavy atom. The van der Waals surface area contributed by atoms with Gasteiger partial charge in [-0.3, -0.25) is 10.0 Å². The summed E-state index contributed by atoms with van der Waals surface area (Å²) in [5.41, 5.74) is 3.41. The van der Waals surface area contributed by atoms with Crippen LogP contribution in [0.25, 0.3) is 21.8 Å². The smallest absolute Gasteiger partial charge is 0.407 e. The Bertz CT molecular complexity index is 985. The lowest BCUT2D eigenvalue weighted by Gasteiger charge is -2.16. The van der Waals surface area contributed by atoms with Crippen molar-refractivity contribution in [3.05, 3.63) is 42.2 Å². The van der Waals surface area contributed by atoms with Crippen LogP contribution >= 0.6 is 0 Å². The number of carbonyl (C=O) groups is 2. The molecule has 2 aromatic carbocycles. The van der Waals surface area contributed by atoms with Crippen LogP contribution < -0.4 is 10.8 Å². The van der Waals surface area contributed by atoms with E-state index < -0.39 is 12.0 Å². The average molecular weight is 398 g/mol. The van der Waals surface area contributed by atoms with Gasteiger partial charge in [0, 0.05) is 11.8 Å². The van der Waals surface area contributed by atoms with Crippen molar-refractivity contribution in [3.63, 3.8) is 0 Å². The number of carbonyl (C=O) groups excluding carboxylic acids is 2. The SMILES string of the molecule is CCOC(=O)N[C@@H](CCCCCC(=O)NO)c1nc2c(ccc3ccccc32)[nH]1. The zero-order valence-corrected chi connectivity index (χ0v) is 16.4. The summed E-state index contributed by atoms with van der Waals surface area (Å²) in [6, 6.07) is 11.7. The Hall–Kier alpha value is -3.13. The summed E-state index contributed by atoms with van der Waals surface area (Å²) < 4.78 is 5.04. The van der Waals surface area contributed by atoms with E-state index in [0.29, 0.717) is 25.3 Å². The number of nitrogens with zero attached hydrogens (tertiary/aromatic N) is 1. The van der Waals surface area contributed by atoms with Crippen molar-refractivity contribution >= 4 is 33.8 Å². The van der Waals surface area contributed by atoms with E-state index in [2.05, 4.69) is 10.3 Å². The highest BCUT2D eigenvalue weighted by molar-refractivity contribution is 6.04. The Morgan fingerprint density at radius 1 is 1.17 bits per heavy atom. The zero-order chi connectivity index (χ0) is 20.6. The van der Waals surface area contributed by atoms with Gasteiger partial charge >= 0.3 is 6.09 Å². The summed E-state index contributed by atoms with van der Waals surface area (Å²) in [6.07, 6.45) is 2.66. The Morgan fingerprint density at radius 2 is 2.00 bits per heavy atom. The number of hydroxylamine groups is 1. The van der Waals surface area contributed by atoms with Gasteiger partial charge in [0.25, 0.3) is 0 Å². The molecular weight excluding hydrogens is 372 g/mol. The lowest BCUT2D eigenvalue weighted by Crippen LogP contribution is -2.30. The third-order valence-electron chi connectivity index (χ3n) is 4.81. The molecule has 0 saturated heterocycles. The Labute approximate surface area is 168 Å². The Kier molecular flexibility index (Phi) is 7.02. The van der Waals surface area contributed by atoms with Gasteiger partial charge in [0.2, 0.25) is 5.91 Å². The number of nitrogens with one attached hydrogen (secondary N) is 3. The molecule has 0 radical (unpaired) electrons. The van der Waals surface area contributed by atoms with Gasteiger partial charge in [0.15, 0.2) is 0 Å². The number of ether oxygens (including phenoxy) is 1. The standard InChI is InChI=1S/C21H26N4O4/c1-2-29-21(27)23-17(10-4-3-5-11-18(26)25-28)20-22-16-13-12-14-8-6-7-9-15(14)19(16)24-20/h6-9,12-13,17,28H,2-5,10-11H2,1H3,(H,22,24)(H,23,27)(H,25,26)/t17-/m0/s1. The van der Waals surface area contributed by atoms with Crippen molar-refractivity contribution in [3.8, 4) is 0 Å². The molecule has 0 aliphatic carbocycles. The summed E-state index contributed by atoms with van der Waals surface area (Å²) in [5.74, 6) is 0.285. The molecule has 8 heteroatoms. The van der Waals surface area contributed by atoms with E-state index in [-0.39, 0.29) is 12.5 Å². The number of alkyl carbamates (subject to hydrolysis) is 1. The van der Waals surface area contributed by atoms with E-state index in [4.69, 9.17) is 14.9 Å². The fourth-order valence-corrected chi connectivity index (χ4v) is 3.39. The lowest BCUT2D eigenvalue weighted by molar-refractivity contribution is -0.129. The average Bonchev–Trinajstić information content (AvgIpc) is 3.17. The highest BCUT2D eigenvalue weighted by atomic mass is 16.5. The number of benzene rings is 2. The van der Waals surface area contributed by atoms with Crippen LogP contribution in [0.2, 0.25) is 0 Å². The van der Waals surface area contributed by atoms with Crippen molar-refractivity contribution in [1.29, 1.82) is 0 Å². The van der Waals surface area contributed by atoms with Crippen LogP contribution in [-0.4, -0.2) is 33.8 Å². The van der Waals surface area contributed by atoms with E-state index in [1.807, 2.05) is 36.4 Å². The first-order valence-electron chi connectivity index (χ1n) is 9.86. The number of unbranched alkanes of at least 4 members (excludes halogenated alkanes) is 2. The highest BCUT2D eigenvalue weighted by Gasteiger charge is 2.19. The van der Waals surface area contributed by atoms with E-state index in [0.717, 1.165) is 34.6 Å². The number of aromatic amines is 1. The van der Waals surface area contributed by atoms with Crippen molar-refractivity contribution in [1.82, 2.24) is 20.8 Å². The normalized spacial score (nSPS) is 12.1. The van der Waals surface area contributed by atoms with E-state index in [1.54, 1.807) is 12.4 Å². The number of hydrogen-bond acceptors (Lipinski definition) is 5. The molecule has 2 amide bonds. The van der Waals surface area contributed by atoms with Gasteiger partial charge in [-0.25, -0.2) is 15.3 Å². The molecule has 0 bridgehead atoms. The molecular formula is C21H26N4O4. The van der Waals surface area contributed by atoms with Crippen LogP contribution in [0.4, 0.5) is 4.79 Å². The first-order valence-corrected chi connectivity index (χ1v) is 9.86. The maximum atomic E-state index is 12.0. The minimum absolute atomic E-state index is 0.267. The molecule has 0 fully saturated rings. The third kappa shape index (κ3) is 5.23. The fourth-order valence-electron chi connectivity index (χ4n) is 3.39. The van der Waals surface area contributed by atoms with Gasteiger partial charge < -0.3 is 15.0 Å². The molecule has 154 valence electrons. The highest BCUT2D eigenvalue weighted by Crippen LogP contribution is 2.27. The van der Waals surface area contributed by atoms with Gasteiger partial charge in [-0.05, 0) is 31.2 Å². The molecule has 29 heavy (non-hydrogen) atoms. The fraction of sp³-hybridized carbons (Fsp3) is 0.381. The van der Waals surface area contributed by atoms with Crippen molar-refractivity contribution in [2.24, 2.45) is 0 Å². The number of rotatable bonds is 9. The largest absolute Gasteiger partial charge is 0.450 e. The number of H-pyrrole nitrogens is 1. The number of fused-ring (bicyclic) bond motifs is 3. The van der Waals surface area contributed by atoms with Gasteiger partial charge in [-0.15, -0.1) is 0 Å². The number of amides is 2. The predicted octanol–water partition coefficient (Wildman–Crippen LogP) is 3.96. The van der Waals surface area contributed by atoms with Gasteiger partial charge in [-0.2, -0.15) is 0 Å². The minimum Gasteiger partial charge on any atom is -0.450 e. The second-order valence-electron chi connectivity index (χ2n) is 6.86. The van der Waals surface area contributed by atoms with Crippen molar-refractivity contribution < 1.29 is 19.5 Å². The minimum atomic E-state index is -0.484. The molecule has 3 rings (SSSR count). The van der Waals surface area contributed by atoms with Crippen LogP contribution in [0.3, 0.4) is 0 Å². The first kappa shape index (κ1) is 20.6. The molecule has 1 heterocycles.